The molecule has 0 atom stereocenters. The molecule has 1 aromatic rings. The quantitative estimate of drug-likeness (QED) is 0.846. The number of aliphatic hydroxyl groups is 1. The van der Waals surface area contributed by atoms with Crippen molar-refractivity contribution in [2.45, 2.75) is 37.8 Å². The first-order chi connectivity index (χ1) is 8.16. The van der Waals surface area contributed by atoms with Gasteiger partial charge in [-0.25, -0.2) is 0 Å². The van der Waals surface area contributed by atoms with Crippen LogP contribution in [0.3, 0.4) is 0 Å². The minimum absolute atomic E-state index is 0.127. The second kappa shape index (κ2) is 5.47. The van der Waals surface area contributed by atoms with Crippen molar-refractivity contribution >= 4 is 17.5 Å². The Balaban J connectivity index is 1.96. The van der Waals surface area contributed by atoms with Gasteiger partial charge < -0.3 is 10.4 Å². The lowest BCUT2D eigenvalue weighted by molar-refractivity contribution is 0.0867. The van der Waals surface area contributed by atoms with Crippen LogP contribution in [0.25, 0.3) is 0 Å². The molecule has 1 aliphatic carbocycles. The summed E-state index contributed by atoms with van der Waals surface area (Å²) < 4.78 is 0. The van der Waals surface area contributed by atoms with Gasteiger partial charge in [0.2, 0.25) is 0 Å². The van der Waals surface area contributed by atoms with Crippen LogP contribution in [0.4, 0.5) is 0 Å². The van der Waals surface area contributed by atoms with Crippen molar-refractivity contribution in [1.29, 1.82) is 0 Å². The van der Waals surface area contributed by atoms with E-state index in [9.17, 15) is 9.90 Å². The fraction of sp³-hybridized carbons (Fsp3) is 0.500. The minimum atomic E-state index is -0.217. The number of carbonyl (C=O) groups excluding carboxylic acids is 1. The third kappa shape index (κ3) is 3.17. The Labute approximate surface area is 105 Å². The predicted octanol–water partition coefficient (Wildman–Crippen LogP) is 1.77. The van der Waals surface area contributed by atoms with Crippen LogP contribution in [0.1, 0.15) is 36.0 Å². The second-order valence-electron chi connectivity index (χ2n) is 4.33. The van der Waals surface area contributed by atoms with Gasteiger partial charge in [-0.05, 0) is 31.7 Å². The molecule has 1 heterocycles. The van der Waals surface area contributed by atoms with E-state index in [1.165, 1.54) is 6.20 Å². The highest BCUT2D eigenvalue weighted by atomic mass is 35.5. The lowest BCUT2D eigenvalue weighted by Gasteiger charge is -2.26. The number of pyridine rings is 1. The number of aromatic nitrogens is 1. The summed E-state index contributed by atoms with van der Waals surface area (Å²) in [6.45, 7) is 0. The van der Waals surface area contributed by atoms with E-state index in [1.807, 2.05) is 0 Å². The van der Waals surface area contributed by atoms with Crippen LogP contribution >= 0.6 is 11.6 Å². The number of halogens is 1. The zero-order valence-corrected chi connectivity index (χ0v) is 10.2. The molecule has 0 radical (unpaired) electrons. The molecule has 92 valence electrons. The topological polar surface area (TPSA) is 62.2 Å². The van der Waals surface area contributed by atoms with E-state index >= 15 is 0 Å². The zero-order valence-electron chi connectivity index (χ0n) is 9.40. The summed E-state index contributed by atoms with van der Waals surface area (Å²) in [4.78, 5) is 15.8. The molecule has 0 unspecified atom stereocenters. The fourth-order valence-electron chi connectivity index (χ4n) is 2.03. The highest BCUT2D eigenvalue weighted by molar-refractivity contribution is 6.33. The van der Waals surface area contributed by atoms with Gasteiger partial charge in [0.15, 0.2) is 0 Å². The number of rotatable bonds is 2. The Hall–Kier alpha value is -1.13. The molecule has 5 heteroatoms. The molecule has 1 saturated carbocycles. The van der Waals surface area contributed by atoms with Crippen molar-refractivity contribution in [2.24, 2.45) is 0 Å². The number of aliphatic hydroxyl groups excluding tert-OH is 1. The first-order valence-corrected chi connectivity index (χ1v) is 6.13. The molecule has 4 nitrogen and oxygen atoms in total. The molecule has 2 rings (SSSR count). The highest BCUT2D eigenvalue weighted by Crippen LogP contribution is 2.19. The normalized spacial score (nSPS) is 24.4. The average Bonchev–Trinajstić information content (AvgIpc) is 2.32. The smallest absolute Gasteiger partial charge is 0.254 e. The van der Waals surface area contributed by atoms with Crippen molar-refractivity contribution in [3.8, 4) is 0 Å². The number of hydrogen-bond acceptors (Lipinski definition) is 3. The third-order valence-corrected chi connectivity index (χ3v) is 3.37. The largest absolute Gasteiger partial charge is 0.393 e. The van der Waals surface area contributed by atoms with Crippen LogP contribution in [0.2, 0.25) is 5.02 Å². The van der Waals surface area contributed by atoms with E-state index in [0.29, 0.717) is 10.6 Å². The van der Waals surface area contributed by atoms with Crippen LogP contribution < -0.4 is 5.32 Å². The minimum Gasteiger partial charge on any atom is -0.393 e. The van der Waals surface area contributed by atoms with Gasteiger partial charge in [-0.2, -0.15) is 0 Å². The maximum Gasteiger partial charge on any atom is 0.254 e. The van der Waals surface area contributed by atoms with Gasteiger partial charge in [-0.15, -0.1) is 0 Å². The van der Waals surface area contributed by atoms with Gasteiger partial charge in [-0.1, -0.05) is 11.6 Å². The van der Waals surface area contributed by atoms with Crippen molar-refractivity contribution in [3.63, 3.8) is 0 Å². The fourth-order valence-corrected chi connectivity index (χ4v) is 2.22. The maximum atomic E-state index is 11.9. The molecule has 0 saturated heterocycles. The van der Waals surface area contributed by atoms with Gasteiger partial charge >= 0.3 is 0 Å². The SMILES string of the molecule is O=C(NC1CCC(O)CC1)c1cnccc1Cl. The molecule has 0 aromatic carbocycles. The van der Waals surface area contributed by atoms with Gasteiger partial charge in [0.25, 0.3) is 5.91 Å². The van der Waals surface area contributed by atoms with Gasteiger partial charge in [0.05, 0.1) is 16.7 Å². The van der Waals surface area contributed by atoms with E-state index < -0.39 is 0 Å². The number of carbonyl (C=O) groups is 1. The lowest BCUT2D eigenvalue weighted by atomic mass is 9.93. The standard InChI is InChI=1S/C12H15ClN2O2/c13-11-5-6-14-7-10(11)12(17)15-8-1-3-9(16)4-2-8/h5-9,16H,1-4H2,(H,15,17). The van der Waals surface area contributed by atoms with Crippen molar-refractivity contribution < 1.29 is 9.90 Å². The molecular weight excluding hydrogens is 240 g/mol. The van der Waals surface area contributed by atoms with Crippen molar-refractivity contribution in [3.05, 3.63) is 29.0 Å². The first-order valence-electron chi connectivity index (χ1n) is 5.75. The van der Waals surface area contributed by atoms with Crippen LogP contribution in [0.15, 0.2) is 18.5 Å². The van der Waals surface area contributed by atoms with Gasteiger partial charge in [0.1, 0.15) is 0 Å². The molecular formula is C12H15ClN2O2. The zero-order chi connectivity index (χ0) is 12.3. The number of nitrogens with one attached hydrogen (secondary N) is 1. The van der Waals surface area contributed by atoms with Crippen molar-refractivity contribution in [2.75, 3.05) is 0 Å². The van der Waals surface area contributed by atoms with E-state index in [1.54, 1.807) is 12.3 Å². The summed E-state index contributed by atoms with van der Waals surface area (Å²) in [6.07, 6.45) is 5.91. The first kappa shape index (κ1) is 12.3. The molecule has 17 heavy (non-hydrogen) atoms. The summed E-state index contributed by atoms with van der Waals surface area (Å²) in [5, 5.41) is 12.7. The average molecular weight is 255 g/mol. The van der Waals surface area contributed by atoms with E-state index in [-0.39, 0.29) is 18.1 Å². The molecule has 1 fully saturated rings. The third-order valence-electron chi connectivity index (χ3n) is 3.04. The Bertz CT molecular complexity index is 403. The van der Waals surface area contributed by atoms with E-state index in [0.717, 1.165) is 25.7 Å². The summed E-state index contributed by atoms with van der Waals surface area (Å²) in [5.74, 6) is -0.190. The van der Waals surface area contributed by atoms with Gasteiger partial charge in [0, 0.05) is 18.4 Å². The number of hydrogen-bond donors (Lipinski definition) is 2. The van der Waals surface area contributed by atoms with Crippen molar-refractivity contribution in [1.82, 2.24) is 10.3 Å². The summed E-state index contributed by atoms with van der Waals surface area (Å²) in [7, 11) is 0. The molecule has 2 N–H and O–H groups in total. The van der Waals surface area contributed by atoms with E-state index in [4.69, 9.17) is 11.6 Å². The van der Waals surface area contributed by atoms with E-state index in [2.05, 4.69) is 10.3 Å². The second-order valence-corrected chi connectivity index (χ2v) is 4.74. The Morgan fingerprint density at radius 1 is 1.41 bits per heavy atom. The lowest BCUT2D eigenvalue weighted by Crippen LogP contribution is -2.38. The van der Waals surface area contributed by atoms with Crippen LogP contribution in [0.5, 0.6) is 0 Å². The summed E-state index contributed by atoms with van der Waals surface area (Å²) >= 11 is 5.92. The number of amides is 1. The molecule has 1 aromatic heterocycles. The van der Waals surface area contributed by atoms with Crippen LogP contribution in [-0.2, 0) is 0 Å². The Morgan fingerprint density at radius 2 is 2.12 bits per heavy atom. The molecule has 0 spiro atoms. The Morgan fingerprint density at radius 3 is 2.76 bits per heavy atom. The molecule has 0 bridgehead atoms. The predicted molar refractivity (Wildman–Crippen MR) is 65.0 cm³/mol. The summed E-state index contributed by atoms with van der Waals surface area (Å²) in [5.41, 5.74) is 0.403. The summed E-state index contributed by atoms with van der Waals surface area (Å²) in [6, 6.07) is 1.73. The molecule has 1 aliphatic rings. The monoisotopic (exact) mass is 254 g/mol. The van der Waals surface area contributed by atoms with Crippen LogP contribution in [-0.4, -0.2) is 28.1 Å². The molecule has 0 aliphatic heterocycles. The van der Waals surface area contributed by atoms with Crippen LogP contribution in [0, 0.1) is 0 Å². The Kier molecular flexibility index (Phi) is 3.97. The number of nitrogens with zero attached hydrogens (tertiary/aromatic N) is 1. The highest BCUT2D eigenvalue weighted by Gasteiger charge is 2.21. The molecule has 1 amide bonds. The van der Waals surface area contributed by atoms with Gasteiger partial charge in [-0.3, -0.25) is 9.78 Å². The maximum absolute atomic E-state index is 11.9.